The summed E-state index contributed by atoms with van der Waals surface area (Å²) in [6.45, 7) is 0. The van der Waals surface area contributed by atoms with Crippen molar-refractivity contribution in [1.82, 2.24) is 0 Å². The van der Waals surface area contributed by atoms with Gasteiger partial charge in [0.2, 0.25) is 0 Å². The molecule has 0 N–H and O–H groups in total. The van der Waals surface area contributed by atoms with Gasteiger partial charge in [0.05, 0.1) is 12.2 Å². The normalized spacial score (nSPS) is 62.8. The van der Waals surface area contributed by atoms with Crippen molar-refractivity contribution in [3.63, 3.8) is 0 Å². The molecule has 3 saturated carbocycles. The molecule has 0 radical (unpaired) electrons. The van der Waals surface area contributed by atoms with Crippen LogP contribution in [0.3, 0.4) is 0 Å². The molecule has 0 spiro atoms. The SMILES string of the molecule is C1C[C@H]2[C@H]3CCC[C@@H]3[C@@H]3O[C@@H]3[C@@H]2C1. The van der Waals surface area contributed by atoms with E-state index in [1.54, 1.807) is 0 Å². The van der Waals surface area contributed by atoms with Crippen molar-refractivity contribution in [2.24, 2.45) is 23.7 Å². The third kappa shape index (κ3) is 0.823. The maximum absolute atomic E-state index is 5.91. The Hall–Kier alpha value is -0.0400. The second-order valence-electron chi connectivity index (χ2n) is 5.58. The van der Waals surface area contributed by atoms with E-state index in [9.17, 15) is 0 Å². The van der Waals surface area contributed by atoms with E-state index in [4.69, 9.17) is 4.74 Å². The average molecular weight is 178 g/mol. The van der Waals surface area contributed by atoms with Gasteiger partial charge in [-0.2, -0.15) is 0 Å². The van der Waals surface area contributed by atoms with Gasteiger partial charge in [0.25, 0.3) is 0 Å². The monoisotopic (exact) mass is 178 g/mol. The summed E-state index contributed by atoms with van der Waals surface area (Å²) in [6.07, 6.45) is 10.5. The van der Waals surface area contributed by atoms with E-state index in [0.29, 0.717) is 0 Å². The molecule has 0 aromatic rings. The maximum Gasteiger partial charge on any atom is 0.0875 e. The number of fused-ring (bicyclic) bond motifs is 6. The zero-order valence-corrected chi connectivity index (χ0v) is 8.11. The van der Waals surface area contributed by atoms with Gasteiger partial charge < -0.3 is 4.74 Å². The molecule has 1 aliphatic heterocycles. The molecular weight excluding hydrogens is 160 g/mol. The zero-order chi connectivity index (χ0) is 8.41. The van der Waals surface area contributed by atoms with Gasteiger partial charge in [0.15, 0.2) is 0 Å². The van der Waals surface area contributed by atoms with Gasteiger partial charge >= 0.3 is 0 Å². The summed E-state index contributed by atoms with van der Waals surface area (Å²) in [5.74, 6) is 4.14. The van der Waals surface area contributed by atoms with Crippen molar-refractivity contribution in [1.29, 1.82) is 0 Å². The lowest BCUT2D eigenvalue weighted by molar-refractivity contribution is 0.168. The Bertz CT molecular complexity index is 213. The van der Waals surface area contributed by atoms with Crippen LogP contribution in [0, 0.1) is 23.7 Å². The van der Waals surface area contributed by atoms with Gasteiger partial charge in [-0.3, -0.25) is 0 Å². The molecule has 13 heavy (non-hydrogen) atoms. The van der Waals surface area contributed by atoms with Crippen LogP contribution in [-0.4, -0.2) is 12.2 Å². The highest BCUT2D eigenvalue weighted by molar-refractivity contribution is 5.09. The molecule has 6 atom stereocenters. The van der Waals surface area contributed by atoms with Crippen molar-refractivity contribution in [2.45, 2.75) is 50.7 Å². The summed E-state index contributed by atoms with van der Waals surface area (Å²) in [5, 5.41) is 0. The molecule has 72 valence electrons. The van der Waals surface area contributed by atoms with Gasteiger partial charge in [0, 0.05) is 0 Å². The van der Waals surface area contributed by atoms with Gasteiger partial charge in [0.1, 0.15) is 0 Å². The Kier molecular flexibility index (Phi) is 1.29. The molecular formula is C12H18O. The summed E-state index contributed by atoms with van der Waals surface area (Å²) in [6, 6.07) is 0. The highest BCUT2D eigenvalue weighted by Gasteiger charge is 2.61. The number of ether oxygens (including phenoxy) is 1. The van der Waals surface area contributed by atoms with Crippen molar-refractivity contribution in [2.75, 3.05) is 0 Å². The van der Waals surface area contributed by atoms with Crippen LogP contribution in [0.1, 0.15) is 38.5 Å². The van der Waals surface area contributed by atoms with Gasteiger partial charge in [-0.25, -0.2) is 0 Å². The van der Waals surface area contributed by atoms with E-state index >= 15 is 0 Å². The Morgan fingerprint density at radius 3 is 1.62 bits per heavy atom. The van der Waals surface area contributed by atoms with Gasteiger partial charge in [-0.05, 0) is 49.4 Å². The first kappa shape index (κ1) is 7.28. The summed E-state index contributed by atoms with van der Waals surface area (Å²) in [4.78, 5) is 0. The lowest BCUT2D eigenvalue weighted by Gasteiger charge is -2.33. The summed E-state index contributed by atoms with van der Waals surface area (Å²) in [5.41, 5.74) is 0. The van der Waals surface area contributed by atoms with Gasteiger partial charge in [-0.1, -0.05) is 12.8 Å². The quantitative estimate of drug-likeness (QED) is 0.519. The molecule has 1 heterocycles. The fourth-order valence-electron chi connectivity index (χ4n) is 4.74. The standard InChI is InChI=1S/C12H18O/c1-3-7-8-4-2-6-10(8)12-11(13-12)9(7)5-1/h7-12H,1-6H2/t7-,8+,9+,10-,11+,12-. The minimum Gasteiger partial charge on any atom is -0.369 e. The molecule has 1 heteroatoms. The van der Waals surface area contributed by atoms with E-state index in [1.807, 2.05) is 0 Å². The highest BCUT2D eigenvalue weighted by atomic mass is 16.6. The first-order valence-corrected chi connectivity index (χ1v) is 6.10. The van der Waals surface area contributed by atoms with E-state index in [2.05, 4.69) is 0 Å². The molecule has 1 nitrogen and oxygen atoms in total. The van der Waals surface area contributed by atoms with Crippen LogP contribution in [0.15, 0.2) is 0 Å². The molecule has 4 rings (SSSR count). The lowest BCUT2D eigenvalue weighted by Crippen LogP contribution is -2.34. The van der Waals surface area contributed by atoms with Crippen molar-refractivity contribution >= 4 is 0 Å². The third-order valence-corrected chi connectivity index (χ3v) is 5.21. The van der Waals surface area contributed by atoms with Crippen LogP contribution >= 0.6 is 0 Å². The maximum atomic E-state index is 5.91. The smallest absolute Gasteiger partial charge is 0.0875 e. The molecule has 0 unspecified atom stereocenters. The lowest BCUT2D eigenvalue weighted by atomic mass is 9.69. The molecule has 0 amide bonds. The molecule has 0 bridgehead atoms. The molecule has 0 aromatic carbocycles. The highest BCUT2D eigenvalue weighted by Crippen LogP contribution is 2.60. The Labute approximate surface area is 79.8 Å². The topological polar surface area (TPSA) is 12.5 Å². The molecule has 0 aromatic heterocycles. The molecule has 1 saturated heterocycles. The zero-order valence-electron chi connectivity index (χ0n) is 8.11. The first-order valence-electron chi connectivity index (χ1n) is 6.10. The van der Waals surface area contributed by atoms with Crippen LogP contribution in [-0.2, 0) is 4.74 Å². The number of epoxide rings is 1. The first-order chi connectivity index (χ1) is 6.45. The van der Waals surface area contributed by atoms with Crippen LogP contribution in [0.25, 0.3) is 0 Å². The summed E-state index contributed by atoms with van der Waals surface area (Å²) in [7, 11) is 0. The van der Waals surface area contributed by atoms with E-state index in [1.165, 1.54) is 38.5 Å². The minimum absolute atomic E-state index is 0.729. The second kappa shape index (κ2) is 2.31. The predicted octanol–water partition coefficient (Wildman–Crippen LogP) is 2.60. The molecule has 3 aliphatic carbocycles. The van der Waals surface area contributed by atoms with Crippen LogP contribution in [0.5, 0.6) is 0 Å². The Morgan fingerprint density at radius 2 is 1.08 bits per heavy atom. The Morgan fingerprint density at radius 1 is 0.615 bits per heavy atom. The number of hydrogen-bond acceptors (Lipinski definition) is 1. The van der Waals surface area contributed by atoms with E-state index in [-0.39, 0.29) is 0 Å². The average Bonchev–Trinajstić information content (AvgIpc) is 2.67. The van der Waals surface area contributed by atoms with Crippen molar-refractivity contribution in [3.05, 3.63) is 0 Å². The van der Waals surface area contributed by atoms with Crippen LogP contribution in [0.4, 0.5) is 0 Å². The fourth-order valence-corrected chi connectivity index (χ4v) is 4.74. The van der Waals surface area contributed by atoms with E-state index < -0.39 is 0 Å². The number of rotatable bonds is 0. The minimum atomic E-state index is 0.729. The second-order valence-corrected chi connectivity index (χ2v) is 5.58. The molecule has 4 aliphatic rings. The summed E-state index contributed by atoms with van der Waals surface area (Å²) < 4.78 is 5.91. The third-order valence-electron chi connectivity index (χ3n) is 5.21. The van der Waals surface area contributed by atoms with Gasteiger partial charge in [-0.15, -0.1) is 0 Å². The Balaban J connectivity index is 1.70. The molecule has 4 fully saturated rings. The van der Waals surface area contributed by atoms with E-state index in [0.717, 1.165) is 35.9 Å². The largest absolute Gasteiger partial charge is 0.369 e. The van der Waals surface area contributed by atoms with Crippen molar-refractivity contribution < 1.29 is 4.74 Å². The number of hydrogen-bond donors (Lipinski definition) is 0. The van der Waals surface area contributed by atoms with Crippen LogP contribution in [0.2, 0.25) is 0 Å². The summed E-state index contributed by atoms with van der Waals surface area (Å²) >= 11 is 0. The predicted molar refractivity (Wildman–Crippen MR) is 50.3 cm³/mol. The van der Waals surface area contributed by atoms with Crippen molar-refractivity contribution in [3.8, 4) is 0 Å². The van der Waals surface area contributed by atoms with Crippen LogP contribution < -0.4 is 0 Å². The fraction of sp³-hybridized carbons (Fsp3) is 1.00.